The van der Waals surface area contributed by atoms with Gasteiger partial charge in [-0.1, -0.05) is 16.8 Å². The van der Waals surface area contributed by atoms with Gasteiger partial charge in [-0.3, -0.25) is 0 Å². The van der Waals surface area contributed by atoms with Crippen molar-refractivity contribution >= 4 is 16.7 Å². The van der Waals surface area contributed by atoms with E-state index < -0.39 is 0 Å². The van der Waals surface area contributed by atoms with E-state index >= 15 is 0 Å². The molecule has 1 fully saturated rings. The van der Waals surface area contributed by atoms with E-state index in [9.17, 15) is 0 Å². The quantitative estimate of drug-likeness (QED) is 0.792. The largest absolute Gasteiger partial charge is 0.376 e. The van der Waals surface area contributed by atoms with E-state index in [4.69, 9.17) is 14.2 Å². The van der Waals surface area contributed by atoms with Gasteiger partial charge in [-0.25, -0.2) is 4.98 Å². The maximum Gasteiger partial charge on any atom is 0.223 e. The third-order valence-corrected chi connectivity index (χ3v) is 4.26. The molecule has 0 amide bonds. The number of benzene rings is 1. The van der Waals surface area contributed by atoms with Crippen molar-refractivity contribution in [3.05, 3.63) is 35.7 Å². The molecular formula is C18H20N4O2. The van der Waals surface area contributed by atoms with Crippen molar-refractivity contribution < 1.29 is 9.26 Å². The number of hydrogen-bond donors (Lipinski definition) is 1. The molecule has 1 aromatic carbocycles. The molecule has 2 aromatic heterocycles. The first-order chi connectivity index (χ1) is 11.7. The number of nitrogens with zero attached hydrogens (tertiary/aromatic N) is 3. The van der Waals surface area contributed by atoms with Crippen LogP contribution in [-0.4, -0.2) is 34.4 Å². The standard InChI is InChI=1S/C18H20N4O2/c1-11-5-6-16-13(8-11)9-15(18-20-12(2)24-22-18)17(21-16)19-10-14-4-3-7-23-14/h5-6,8-9,14H,3-4,7,10H2,1-2H3,(H,19,21)/t14-/m1/s1. The van der Waals surface area contributed by atoms with Gasteiger partial charge in [-0.2, -0.15) is 4.98 Å². The number of pyridine rings is 1. The summed E-state index contributed by atoms with van der Waals surface area (Å²) in [5, 5.41) is 8.54. The lowest BCUT2D eigenvalue weighted by molar-refractivity contribution is 0.120. The molecule has 1 N–H and O–H groups in total. The van der Waals surface area contributed by atoms with Crippen molar-refractivity contribution in [3.8, 4) is 11.4 Å². The van der Waals surface area contributed by atoms with E-state index in [0.717, 1.165) is 48.3 Å². The topological polar surface area (TPSA) is 73.1 Å². The van der Waals surface area contributed by atoms with E-state index in [-0.39, 0.29) is 6.10 Å². The number of ether oxygens (including phenoxy) is 1. The molecular weight excluding hydrogens is 304 g/mol. The van der Waals surface area contributed by atoms with Gasteiger partial charge in [0.1, 0.15) is 5.82 Å². The molecule has 1 atom stereocenters. The molecule has 1 saturated heterocycles. The van der Waals surface area contributed by atoms with E-state index in [0.29, 0.717) is 11.7 Å². The first kappa shape index (κ1) is 15.1. The van der Waals surface area contributed by atoms with Gasteiger partial charge >= 0.3 is 0 Å². The highest BCUT2D eigenvalue weighted by Gasteiger charge is 2.18. The van der Waals surface area contributed by atoms with Crippen molar-refractivity contribution in [2.45, 2.75) is 32.8 Å². The predicted octanol–water partition coefficient (Wildman–Crippen LogP) is 3.49. The second-order valence-electron chi connectivity index (χ2n) is 6.23. The summed E-state index contributed by atoms with van der Waals surface area (Å²) < 4.78 is 10.8. The number of aromatic nitrogens is 3. The molecule has 0 unspecified atom stereocenters. The van der Waals surface area contributed by atoms with Crippen LogP contribution >= 0.6 is 0 Å². The zero-order chi connectivity index (χ0) is 16.5. The molecule has 124 valence electrons. The van der Waals surface area contributed by atoms with Crippen LogP contribution < -0.4 is 5.32 Å². The van der Waals surface area contributed by atoms with Gasteiger partial charge in [0.25, 0.3) is 0 Å². The SMILES string of the molecule is Cc1ccc2nc(NC[C@H]3CCCO3)c(-c3noc(C)n3)cc2c1. The van der Waals surface area contributed by atoms with E-state index in [1.54, 1.807) is 6.92 Å². The van der Waals surface area contributed by atoms with Crippen molar-refractivity contribution in [1.82, 2.24) is 15.1 Å². The van der Waals surface area contributed by atoms with Crippen LogP contribution in [0.3, 0.4) is 0 Å². The molecule has 6 nitrogen and oxygen atoms in total. The summed E-state index contributed by atoms with van der Waals surface area (Å²) >= 11 is 0. The van der Waals surface area contributed by atoms with Crippen molar-refractivity contribution in [1.29, 1.82) is 0 Å². The van der Waals surface area contributed by atoms with Gasteiger partial charge in [0.05, 0.1) is 17.2 Å². The third-order valence-electron chi connectivity index (χ3n) is 4.26. The van der Waals surface area contributed by atoms with Crippen LogP contribution in [0.15, 0.2) is 28.8 Å². The summed E-state index contributed by atoms with van der Waals surface area (Å²) in [6.07, 6.45) is 2.43. The van der Waals surface area contributed by atoms with Crippen LogP contribution in [0.1, 0.15) is 24.3 Å². The van der Waals surface area contributed by atoms with Gasteiger partial charge in [0.15, 0.2) is 0 Å². The molecule has 24 heavy (non-hydrogen) atoms. The van der Waals surface area contributed by atoms with Crippen molar-refractivity contribution in [2.24, 2.45) is 0 Å². The number of anilines is 1. The van der Waals surface area contributed by atoms with Crippen molar-refractivity contribution in [2.75, 3.05) is 18.5 Å². The minimum Gasteiger partial charge on any atom is -0.376 e. The molecule has 1 aliphatic heterocycles. The van der Waals surface area contributed by atoms with Crippen LogP contribution in [0, 0.1) is 13.8 Å². The number of rotatable bonds is 4. The summed E-state index contributed by atoms with van der Waals surface area (Å²) in [6, 6.07) is 8.28. The van der Waals surface area contributed by atoms with Gasteiger partial charge in [0.2, 0.25) is 11.7 Å². The average Bonchev–Trinajstić information content (AvgIpc) is 3.23. The van der Waals surface area contributed by atoms with Gasteiger partial charge in [-0.05, 0) is 38.0 Å². The Morgan fingerprint density at radius 3 is 2.88 bits per heavy atom. The lowest BCUT2D eigenvalue weighted by Crippen LogP contribution is -2.19. The first-order valence-corrected chi connectivity index (χ1v) is 8.26. The minimum atomic E-state index is 0.236. The highest BCUT2D eigenvalue weighted by molar-refractivity contribution is 5.88. The molecule has 0 bridgehead atoms. The Balaban J connectivity index is 1.74. The molecule has 3 heterocycles. The Morgan fingerprint density at radius 2 is 2.12 bits per heavy atom. The van der Waals surface area contributed by atoms with E-state index in [1.165, 1.54) is 5.56 Å². The third kappa shape index (κ3) is 2.97. The number of nitrogens with one attached hydrogen (secondary N) is 1. The Bertz CT molecular complexity index is 869. The second kappa shape index (κ2) is 6.20. The van der Waals surface area contributed by atoms with Gasteiger partial charge < -0.3 is 14.6 Å². The van der Waals surface area contributed by atoms with E-state index in [1.807, 2.05) is 6.07 Å². The predicted molar refractivity (Wildman–Crippen MR) is 92.0 cm³/mol. The monoisotopic (exact) mass is 324 g/mol. The molecule has 4 rings (SSSR count). The van der Waals surface area contributed by atoms with Crippen LogP contribution in [0.25, 0.3) is 22.3 Å². The van der Waals surface area contributed by atoms with Gasteiger partial charge in [0, 0.05) is 25.5 Å². The maximum absolute atomic E-state index is 5.69. The fourth-order valence-electron chi connectivity index (χ4n) is 3.03. The summed E-state index contributed by atoms with van der Waals surface area (Å²) in [7, 11) is 0. The highest BCUT2D eigenvalue weighted by atomic mass is 16.5. The Morgan fingerprint density at radius 1 is 1.21 bits per heavy atom. The smallest absolute Gasteiger partial charge is 0.223 e. The zero-order valence-electron chi connectivity index (χ0n) is 13.9. The molecule has 6 heteroatoms. The lowest BCUT2D eigenvalue weighted by atomic mass is 10.1. The number of hydrogen-bond acceptors (Lipinski definition) is 6. The van der Waals surface area contributed by atoms with Gasteiger partial charge in [-0.15, -0.1) is 0 Å². The van der Waals surface area contributed by atoms with Crippen LogP contribution in [0.4, 0.5) is 5.82 Å². The van der Waals surface area contributed by atoms with Crippen molar-refractivity contribution in [3.63, 3.8) is 0 Å². The van der Waals surface area contributed by atoms with E-state index in [2.05, 4.69) is 40.6 Å². The lowest BCUT2D eigenvalue weighted by Gasteiger charge is -2.14. The molecule has 1 aliphatic rings. The molecule has 0 spiro atoms. The summed E-state index contributed by atoms with van der Waals surface area (Å²) in [6.45, 7) is 5.43. The highest BCUT2D eigenvalue weighted by Crippen LogP contribution is 2.29. The number of fused-ring (bicyclic) bond motifs is 1. The Hall–Kier alpha value is -2.47. The fraction of sp³-hybridized carbons (Fsp3) is 0.389. The summed E-state index contributed by atoms with van der Waals surface area (Å²) in [5.41, 5.74) is 2.99. The van der Waals surface area contributed by atoms with Crippen LogP contribution in [-0.2, 0) is 4.74 Å². The number of aryl methyl sites for hydroxylation is 2. The normalized spacial score (nSPS) is 17.5. The Kier molecular flexibility index (Phi) is 3.90. The summed E-state index contributed by atoms with van der Waals surface area (Å²) in [5.74, 6) is 1.86. The second-order valence-corrected chi connectivity index (χ2v) is 6.23. The molecule has 0 aliphatic carbocycles. The molecule has 0 saturated carbocycles. The fourth-order valence-corrected chi connectivity index (χ4v) is 3.03. The maximum atomic E-state index is 5.69. The Labute approximate surface area is 140 Å². The molecule has 3 aromatic rings. The minimum absolute atomic E-state index is 0.236. The summed E-state index contributed by atoms with van der Waals surface area (Å²) in [4.78, 5) is 9.14. The average molecular weight is 324 g/mol. The molecule has 0 radical (unpaired) electrons. The zero-order valence-corrected chi connectivity index (χ0v) is 13.9. The van der Waals surface area contributed by atoms with Crippen LogP contribution in [0.2, 0.25) is 0 Å². The first-order valence-electron chi connectivity index (χ1n) is 8.26. The van der Waals surface area contributed by atoms with Crippen LogP contribution in [0.5, 0.6) is 0 Å².